The molecular weight excluding hydrogens is 296 g/mol. The third kappa shape index (κ3) is 2.08. The maximum atomic E-state index is 12.9. The summed E-state index contributed by atoms with van der Waals surface area (Å²) in [6, 6.07) is 0.816. The van der Waals surface area contributed by atoms with Crippen molar-refractivity contribution in [3.63, 3.8) is 0 Å². The maximum Gasteiger partial charge on any atom is 0.230 e. The van der Waals surface area contributed by atoms with Gasteiger partial charge in [-0.1, -0.05) is 12.2 Å². The summed E-state index contributed by atoms with van der Waals surface area (Å²) in [4.78, 5) is 27.9. The smallest absolute Gasteiger partial charge is 0.230 e. The highest BCUT2D eigenvalue weighted by atomic mass is 16.5. The Morgan fingerprint density at radius 3 is 2.74 bits per heavy atom. The summed E-state index contributed by atoms with van der Waals surface area (Å²) in [5.74, 6) is -2.65. The minimum Gasteiger partial charge on any atom is -0.550 e. The van der Waals surface area contributed by atoms with Crippen LogP contribution in [0.25, 0.3) is 0 Å². The monoisotopic (exact) mass is 320 g/mol. The molecule has 4 rings (SSSR count). The van der Waals surface area contributed by atoms with Crippen LogP contribution in [0, 0.1) is 11.8 Å². The second-order valence-corrected chi connectivity index (χ2v) is 7.73. The SMILES string of the molecule is CC(C)[NH+]1CCC(N2C[C@]34C=C[C@H](O3)[C@H](C(=O)[O-])[C@@H]4C2=O)CC1. The summed E-state index contributed by atoms with van der Waals surface area (Å²) >= 11 is 0. The highest BCUT2D eigenvalue weighted by molar-refractivity contribution is 5.90. The molecular formula is C17H24N2O4. The van der Waals surface area contributed by atoms with Gasteiger partial charge in [-0.3, -0.25) is 4.79 Å². The molecule has 4 heterocycles. The van der Waals surface area contributed by atoms with Gasteiger partial charge >= 0.3 is 0 Å². The van der Waals surface area contributed by atoms with Crippen LogP contribution in [0.5, 0.6) is 0 Å². The molecule has 0 radical (unpaired) electrons. The molecule has 0 aromatic heterocycles. The van der Waals surface area contributed by atoms with Crippen molar-refractivity contribution in [2.75, 3.05) is 19.6 Å². The first-order valence-electron chi connectivity index (χ1n) is 8.66. The molecule has 0 aliphatic carbocycles. The lowest BCUT2D eigenvalue weighted by Crippen LogP contribution is -3.16. The molecule has 0 unspecified atom stereocenters. The van der Waals surface area contributed by atoms with E-state index in [1.807, 2.05) is 11.0 Å². The zero-order valence-corrected chi connectivity index (χ0v) is 13.7. The molecule has 1 N–H and O–H groups in total. The van der Waals surface area contributed by atoms with E-state index < -0.39 is 29.5 Å². The van der Waals surface area contributed by atoms with Crippen molar-refractivity contribution in [2.45, 2.75) is 50.5 Å². The average Bonchev–Trinajstić information content (AvgIpc) is 3.15. The number of nitrogens with one attached hydrogen (secondary N) is 1. The lowest BCUT2D eigenvalue weighted by atomic mass is 9.77. The van der Waals surface area contributed by atoms with E-state index in [0.717, 1.165) is 25.9 Å². The fourth-order valence-electron chi connectivity index (χ4n) is 4.97. The van der Waals surface area contributed by atoms with E-state index in [-0.39, 0.29) is 11.9 Å². The summed E-state index contributed by atoms with van der Waals surface area (Å²) < 4.78 is 5.91. The predicted molar refractivity (Wildman–Crippen MR) is 79.3 cm³/mol. The topological polar surface area (TPSA) is 74.1 Å². The van der Waals surface area contributed by atoms with E-state index in [4.69, 9.17) is 4.74 Å². The molecule has 6 heteroatoms. The quantitative estimate of drug-likeness (QED) is 0.609. The Morgan fingerprint density at radius 2 is 2.13 bits per heavy atom. The molecule has 0 aromatic rings. The number of quaternary nitrogens is 1. The van der Waals surface area contributed by atoms with E-state index in [2.05, 4.69) is 13.8 Å². The van der Waals surface area contributed by atoms with Crippen LogP contribution in [0.1, 0.15) is 26.7 Å². The molecule has 6 nitrogen and oxygen atoms in total. The number of carboxylic acids is 1. The number of rotatable bonds is 3. The normalized spacial score (nSPS) is 45.1. The fourth-order valence-corrected chi connectivity index (χ4v) is 4.97. The van der Waals surface area contributed by atoms with Crippen molar-refractivity contribution in [3.05, 3.63) is 12.2 Å². The van der Waals surface area contributed by atoms with E-state index in [1.165, 1.54) is 0 Å². The van der Waals surface area contributed by atoms with Crippen molar-refractivity contribution in [2.24, 2.45) is 11.8 Å². The zero-order chi connectivity index (χ0) is 16.4. The number of fused-ring (bicyclic) bond motifs is 1. The van der Waals surface area contributed by atoms with Gasteiger partial charge in [-0.2, -0.15) is 0 Å². The number of carbonyl (C=O) groups is 2. The Morgan fingerprint density at radius 1 is 1.43 bits per heavy atom. The second kappa shape index (κ2) is 5.05. The van der Waals surface area contributed by atoms with Crippen molar-refractivity contribution in [1.29, 1.82) is 0 Å². The van der Waals surface area contributed by atoms with Gasteiger partial charge in [0.15, 0.2) is 0 Å². The first-order chi connectivity index (χ1) is 10.9. The Hall–Kier alpha value is -1.40. The Bertz CT molecular complexity index is 567. The molecule has 4 aliphatic heterocycles. The Labute approximate surface area is 136 Å². The second-order valence-electron chi connectivity index (χ2n) is 7.73. The summed E-state index contributed by atoms with van der Waals surface area (Å²) in [6.45, 7) is 7.07. The number of carboxylic acid groups (broad SMARTS) is 1. The first kappa shape index (κ1) is 15.1. The van der Waals surface area contributed by atoms with Crippen LogP contribution >= 0.6 is 0 Å². The molecule has 3 saturated heterocycles. The third-order valence-corrected chi connectivity index (χ3v) is 6.26. The molecule has 2 bridgehead atoms. The van der Waals surface area contributed by atoms with Crippen molar-refractivity contribution < 1.29 is 24.3 Å². The van der Waals surface area contributed by atoms with Crippen LogP contribution in [-0.4, -0.2) is 60.2 Å². The highest BCUT2D eigenvalue weighted by Crippen LogP contribution is 2.52. The molecule has 4 aliphatic rings. The molecule has 23 heavy (non-hydrogen) atoms. The molecule has 4 atom stereocenters. The first-order valence-corrected chi connectivity index (χ1v) is 8.66. The van der Waals surface area contributed by atoms with Crippen molar-refractivity contribution in [1.82, 2.24) is 4.90 Å². The summed E-state index contributed by atoms with van der Waals surface area (Å²) in [5.41, 5.74) is -0.728. The van der Waals surface area contributed by atoms with Gasteiger partial charge < -0.3 is 24.4 Å². The predicted octanol–water partition coefficient (Wildman–Crippen LogP) is -2.03. The van der Waals surface area contributed by atoms with E-state index in [1.54, 1.807) is 11.0 Å². The average molecular weight is 320 g/mol. The molecule has 1 amide bonds. The summed E-state index contributed by atoms with van der Waals surface area (Å²) in [6.07, 6.45) is 5.16. The van der Waals surface area contributed by atoms with Crippen LogP contribution in [0.3, 0.4) is 0 Å². The number of aliphatic carboxylic acids is 1. The van der Waals surface area contributed by atoms with Gasteiger partial charge in [0, 0.05) is 30.8 Å². The van der Waals surface area contributed by atoms with Gasteiger partial charge in [0.25, 0.3) is 0 Å². The Balaban J connectivity index is 1.52. The number of likely N-dealkylation sites (tertiary alicyclic amines) is 2. The van der Waals surface area contributed by atoms with Crippen LogP contribution in [-0.2, 0) is 14.3 Å². The van der Waals surface area contributed by atoms with Crippen LogP contribution in [0.15, 0.2) is 12.2 Å². The lowest BCUT2D eigenvalue weighted by molar-refractivity contribution is -0.926. The largest absolute Gasteiger partial charge is 0.550 e. The van der Waals surface area contributed by atoms with E-state index >= 15 is 0 Å². The number of carbonyl (C=O) groups excluding carboxylic acids is 2. The number of amides is 1. The minimum absolute atomic E-state index is 0.0518. The number of piperidine rings is 1. The Kier molecular flexibility index (Phi) is 3.32. The van der Waals surface area contributed by atoms with E-state index in [0.29, 0.717) is 12.6 Å². The number of ether oxygens (including phenoxy) is 1. The molecule has 0 saturated carbocycles. The highest BCUT2D eigenvalue weighted by Gasteiger charge is 2.66. The minimum atomic E-state index is -1.17. The van der Waals surface area contributed by atoms with Gasteiger partial charge in [-0.15, -0.1) is 0 Å². The van der Waals surface area contributed by atoms with Gasteiger partial charge in [0.05, 0.1) is 37.7 Å². The van der Waals surface area contributed by atoms with Gasteiger partial charge in [0.2, 0.25) is 5.91 Å². The van der Waals surface area contributed by atoms with Crippen LogP contribution in [0.2, 0.25) is 0 Å². The number of hydrogen-bond acceptors (Lipinski definition) is 4. The van der Waals surface area contributed by atoms with Crippen LogP contribution < -0.4 is 10.0 Å². The van der Waals surface area contributed by atoms with Crippen molar-refractivity contribution in [3.8, 4) is 0 Å². The molecule has 0 aromatic carbocycles. The molecule has 3 fully saturated rings. The summed E-state index contributed by atoms with van der Waals surface area (Å²) in [5, 5.41) is 11.5. The van der Waals surface area contributed by atoms with Gasteiger partial charge in [-0.05, 0) is 13.8 Å². The van der Waals surface area contributed by atoms with Crippen molar-refractivity contribution >= 4 is 11.9 Å². The number of nitrogens with zero attached hydrogens (tertiary/aromatic N) is 1. The van der Waals surface area contributed by atoms with Gasteiger partial charge in [0.1, 0.15) is 5.60 Å². The number of hydrogen-bond donors (Lipinski definition) is 1. The maximum absolute atomic E-state index is 12.9. The zero-order valence-electron chi connectivity index (χ0n) is 13.7. The third-order valence-electron chi connectivity index (χ3n) is 6.26. The van der Waals surface area contributed by atoms with Gasteiger partial charge in [-0.25, -0.2) is 0 Å². The molecule has 1 spiro atoms. The van der Waals surface area contributed by atoms with Crippen LogP contribution in [0.4, 0.5) is 0 Å². The van der Waals surface area contributed by atoms with E-state index in [9.17, 15) is 14.7 Å². The lowest BCUT2D eigenvalue weighted by Gasteiger charge is -2.37. The standard InChI is InChI=1S/C17H24N2O4/c1-10(2)18-7-4-11(5-8-18)19-9-17-6-3-12(23-17)13(16(21)22)14(17)15(19)20/h3,6,10-14H,4-5,7-9H2,1-2H3,(H,21,22)/t12-,13-,14+,17-/m0/s1. The summed E-state index contributed by atoms with van der Waals surface area (Å²) in [7, 11) is 0. The fraction of sp³-hybridized carbons (Fsp3) is 0.765. The molecule has 126 valence electrons.